The molecule has 1 saturated heterocycles. The van der Waals surface area contributed by atoms with Gasteiger partial charge in [0.1, 0.15) is 0 Å². The van der Waals surface area contributed by atoms with Crippen LogP contribution in [-0.4, -0.2) is 34.1 Å². The SMILES string of the molecule is CC1CCN(C(=O)CCCc2nnc(-c3ccccc3I)o2)C1. The van der Waals surface area contributed by atoms with Crippen LogP contribution in [0.4, 0.5) is 0 Å². The first-order valence-electron chi connectivity index (χ1n) is 7.98. The van der Waals surface area contributed by atoms with Crippen molar-refractivity contribution in [2.24, 2.45) is 5.92 Å². The van der Waals surface area contributed by atoms with Crippen LogP contribution < -0.4 is 0 Å². The molecule has 1 unspecified atom stereocenters. The highest BCUT2D eigenvalue weighted by Crippen LogP contribution is 2.24. The van der Waals surface area contributed by atoms with Crippen molar-refractivity contribution < 1.29 is 9.21 Å². The number of likely N-dealkylation sites (tertiary alicyclic amines) is 1. The van der Waals surface area contributed by atoms with Crippen molar-refractivity contribution in [3.05, 3.63) is 33.7 Å². The van der Waals surface area contributed by atoms with Crippen LogP contribution >= 0.6 is 22.6 Å². The largest absolute Gasteiger partial charge is 0.421 e. The van der Waals surface area contributed by atoms with E-state index in [4.69, 9.17) is 4.42 Å². The Bertz CT molecular complexity index is 686. The van der Waals surface area contributed by atoms with Gasteiger partial charge in [0.05, 0.1) is 5.56 Å². The number of rotatable bonds is 5. The fraction of sp³-hybridized carbons (Fsp3) is 0.471. The van der Waals surface area contributed by atoms with Crippen LogP contribution in [0.1, 0.15) is 32.1 Å². The van der Waals surface area contributed by atoms with Gasteiger partial charge in [0.2, 0.25) is 17.7 Å². The van der Waals surface area contributed by atoms with Crippen molar-refractivity contribution in [3.8, 4) is 11.5 Å². The summed E-state index contributed by atoms with van der Waals surface area (Å²) < 4.78 is 6.81. The molecule has 1 amide bonds. The molecule has 3 rings (SSSR count). The molecule has 0 saturated carbocycles. The van der Waals surface area contributed by atoms with E-state index in [9.17, 15) is 4.79 Å². The highest BCUT2D eigenvalue weighted by atomic mass is 127. The highest BCUT2D eigenvalue weighted by Gasteiger charge is 2.22. The van der Waals surface area contributed by atoms with Gasteiger partial charge in [-0.3, -0.25) is 4.79 Å². The number of aryl methyl sites for hydroxylation is 1. The maximum Gasteiger partial charge on any atom is 0.248 e. The van der Waals surface area contributed by atoms with Gasteiger partial charge in [-0.25, -0.2) is 0 Å². The van der Waals surface area contributed by atoms with Crippen molar-refractivity contribution in [3.63, 3.8) is 0 Å². The van der Waals surface area contributed by atoms with E-state index in [-0.39, 0.29) is 5.91 Å². The summed E-state index contributed by atoms with van der Waals surface area (Å²) in [6, 6.07) is 7.91. The zero-order valence-corrected chi connectivity index (χ0v) is 15.3. The quantitative estimate of drug-likeness (QED) is 0.688. The summed E-state index contributed by atoms with van der Waals surface area (Å²) in [5.41, 5.74) is 0.953. The number of benzene rings is 1. The Kier molecular flexibility index (Phi) is 5.30. The van der Waals surface area contributed by atoms with Gasteiger partial charge in [-0.1, -0.05) is 19.1 Å². The normalized spacial score (nSPS) is 17.7. The van der Waals surface area contributed by atoms with Crippen LogP contribution in [0.5, 0.6) is 0 Å². The molecule has 1 aromatic carbocycles. The molecule has 1 atom stereocenters. The van der Waals surface area contributed by atoms with Gasteiger partial charge in [-0.2, -0.15) is 0 Å². The minimum Gasteiger partial charge on any atom is -0.421 e. The molecule has 1 aliphatic heterocycles. The molecule has 1 aromatic heterocycles. The molecule has 122 valence electrons. The highest BCUT2D eigenvalue weighted by molar-refractivity contribution is 14.1. The molecule has 6 heteroatoms. The molecule has 1 aliphatic rings. The van der Waals surface area contributed by atoms with Crippen LogP contribution in [0.3, 0.4) is 0 Å². The van der Waals surface area contributed by atoms with Gasteiger partial charge in [0.25, 0.3) is 0 Å². The van der Waals surface area contributed by atoms with Gasteiger partial charge in [-0.15, -0.1) is 10.2 Å². The first-order valence-corrected chi connectivity index (χ1v) is 9.06. The molecule has 2 aromatic rings. The Labute approximate surface area is 149 Å². The van der Waals surface area contributed by atoms with Crippen LogP contribution in [0, 0.1) is 9.49 Å². The average molecular weight is 425 g/mol. The second kappa shape index (κ2) is 7.42. The van der Waals surface area contributed by atoms with E-state index in [1.54, 1.807) is 0 Å². The van der Waals surface area contributed by atoms with Crippen LogP contribution in [0.2, 0.25) is 0 Å². The molecule has 0 radical (unpaired) electrons. The van der Waals surface area contributed by atoms with E-state index < -0.39 is 0 Å². The standard InChI is InChI=1S/C17H20IN3O2/c1-12-9-10-21(11-12)16(22)8-4-7-15-19-20-17(23-15)13-5-2-3-6-14(13)18/h2-3,5-6,12H,4,7-11H2,1H3. The zero-order valence-electron chi connectivity index (χ0n) is 13.2. The molecule has 5 nitrogen and oxygen atoms in total. The van der Waals surface area contributed by atoms with Gasteiger partial charge in [0, 0.05) is 29.5 Å². The third-order valence-corrected chi connectivity index (χ3v) is 5.07. The first kappa shape index (κ1) is 16.4. The molecular weight excluding hydrogens is 405 g/mol. The molecule has 2 heterocycles. The number of aromatic nitrogens is 2. The molecule has 0 spiro atoms. The Morgan fingerprint density at radius 3 is 2.96 bits per heavy atom. The minimum absolute atomic E-state index is 0.242. The monoisotopic (exact) mass is 425 g/mol. The van der Waals surface area contributed by atoms with E-state index in [1.165, 1.54) is 0 Å². The lowest BCUT2D eigenvalue weighted by atomic mass is 10.2. The number of hydrogen-bond acceptors (Lipinski definition) is 4. The molecule has 0 aliphatic carbocycles. The smallest absolute Gasteiger partial charge is 0.248 e. The number of halogens is 1. The van der Waals surface area contributed by atoms with Crippen LogP contribution in [0.15, 0.2) is 28.7 Å². The van der Waals surface area contributed by atoms with Crippen LogP contribution in [-0.2, 0) is 11.2 Å². The number of nitrogens with zero attached hydrogens (tertiary/aromatic N) is 3. The zero-order chi connectivity index (χ0) is 16.2. The molecular formula is C17H20IN3O2. The lowest BCUT2D eigenvalue weighted by Crippen LogP contribution is -2.28. The summed E-state index contributed by atoms with van der Waals surface area (Å²) in [6.07, 6.45) is 3.06. The van der Waals surface area contributed by atoms with Crippen molar-refractivity contribution in [1.29, 1.82) is 0 Å². The van der Waals surface area contributed by atoms with Gasteiger partial charge < -0.3 is 9.32 Å². The van der Waals surface area contributed by atoms with E-state index in [0.29, 0.717) is 30.5 Å². The average Bonchev–Trinajstić information content (AvgIpc) is 3.17. The Hall–Kier alpha value is -1.44. The third-order valence-electron chi connectivity index (χ3n) is 4.13. The number of carbonyl (C=O) groups excluding carboxylic acids is 1. The van der Waals surface area contributed by atoms with Crippen LogP contribution in [0.25, 0.3) is 11.5 Å². The predicted molar refractivity (Wildman–Crippen MR) is 95.8 cm³/mol. The fourth-order valence-electron chi connectivity index (χ4n) is 2.81. The third kappa shape index (κ3) is 4.10. The summed E-state index contributed by atoms with van der Waals surface area (Å²) in [6.45, 7) is 3.99. The van der Waals surface area contributed by atoms with Gasteiger partial charge in [-0.05, 0) is 53.5 Å². The second-order valence-electron chi connectivity index (χ2n) is 6.07. The van der Waals surface area contributed by atoms with Gasteiger partial charge >= 0.3 is 0 Å². The number of amides is 1. The lowest BCUT2D eigenvalue weighted by molar-refractivity contribution is -0.130. The van der Waals surface area contributed by atoms with Gasteiger partial charge in [0.15, 0.2) is 0 Å². The fourth-order valence-corrected chi connectivity index (χ4v) is 3.43. The topological polar surface area (TPSA) is 59.2 Å². The maximum absolute atomic E-state index is 12.1. The molecule has 23 heavy (non-hydrogen) atoms. The molecule has 1 fully saturated rings. The van der Waals surface area contributed by atoms with E-state index in [1.807, 2.05) is 29.2 Å². The van der Waals surface area contributed by atoms with E-state index in [0.717, 1.165) is 35.1 Å². The number of carbonyl (C=O) groups is 1. The summed E-state index contributed by atoms with van der Waals surface area (Å²) in [5, 5.41) is 8.21. The Morgan fingerprint density at radius 2 is 2.22 bits per heavy atom. The van der Waals surface area contributed by atoms with E-state index >= 15 is 0 Å². The molecule has 0 bridgehead atoms. The summed E-state index contributed by atoms with van der Waals surface area (Å²) in [5.74, 6) is 2.02. The lowest BCUT2D eigenvalue weighted by Gasteiger charge is -2.15. The maximum atomic E-state index is 12.1. The summed E-state index contributed by atoms with van der Waals surface area (Å²) in [7, 11) is 0. The minimum atomic E-state index is 0.242. The Morgan fingerprint density at radius 1 is 1.39 bits per heavy atom. The van der Waals surface area contributed by atoms with Crippen molar-refractivity contribution in [2.75, 3.05) is 13.1 Å². The van der Waals surface area contributed by atoms with Crippen molar-refractivity contribution in [2.45, 2.75) is 32.6 Å². The van der Waals surface area contributed by atoms with Crippen molar-refractivity contribution >= 4 is 28.5 Å². The summed E-state index contributed by atoms with van der Waals surface area (Å²) >= 11 is 2.26. The molecule has 0 N–H and O–H groups in total. The Balaban J connectivity index is 1.52. The second-order valence-corrected chi connectivity index (χ2v) is 7.23. The predicted octanol–water partition coefficient (Wildman–Crippen LogP) is 3.53. The van der Waals surface area contributed by atoms with Crippen molar-refractivity contribution in [1.82, 2.24) is 15.1 Å². The van der Waals surface area contributed by atoms with E-state index in [2.05, 4.69) is 39.7 Å². The number of hydrogen-bond donors (Lipinski definition) is 0. The summed E-state index contributed by atoms with van der Waals surface area (Å²) in [4.78, 5) is 14.1. The first-order chi connectivity index (χ1) is 11.1.